The maximum absolute atomic E-state index is 3.64. The van der Waals surface area contributed by atoms with E-state index in [1.165, 1.54) is 19.0 Å². The number of hydrogen-bond donors (Lipinski definition) is 0. The topological polar surface area (TPSA) is 0 Å². The largest absolute Gasteiger partial charge is 0.125 e. The van der Waals surface area contributed by atoms with Gasteiger partial charge in [-0.15, -0.1) is 15.2 Å². The standard InChI is InChI=1S/C6H13P/c1-3-4-5-6-7-2/h3,7H,1,4-6H2,2H3. The molecule has 0 aliphatic carbocycles. The van der Waals surface area contributed by atoms with Gasteiger partial charge in [0, 0.05) is 0 Å². The van der Waals surface area contributed by atoms with Gasteiger partial charge >= 0.3 is 0 Å². The SMILES string of the molecule is C=CCCCPC. The molecule has 0 aliphatic heterocycles. The van der Waals surface area contributed by atoms with Crippen molar-refractivity contribution < 1.29 is 0 Å². The molecule has 0 spiro atoms. The van der Waals surface area contributed by atoms with Crippen LogP contribution in [-0.4, -0.2) is 12.8 Å². The number of unbranched alkanes of at least 4 members (excludes halogenated alkanes) is 1. The molecule has 0 rings (SSSR count). The van der Waals surface area contributed by atoms with E-state index in [1.54, 1.807) is 0 Å². The third-order valence-corrected chi connectivity index (χ3v) is 1.69. The van der Waals surface area contributed by atoms with Crippen LogP contribution in [0.4, 0.5) is 0 Å². The molecular weight excluding hydrogens is 103 g/mol. The van der Waals surface area contributed by atoms with E-state index in [0.717, 1.165) is 8.58 Å². The molecule has 1 atom stereocenters. The van der Waals surface area contributed by atoms with Crippen molar-refractivity contribution in [3.8, 4) is 0 Å². The van der Waals surface area contributed by atoms with E-state index >= 15 is 0 Å². The van der Waals surface area contributed by atoms with Crippen LogP contribution in [0.5, 0.6) is 0 Å². The van der Waals surface area contributed by atoms with Crippen molar-refractivity contribution in [1.29, 1.82) is 0 Å². The van der Waals surface area contributed by atoms with Crippen LogP contribution < -0.4 is 0 Å². The van der Waals surface area contributed by atoms with Crippen LogP contribution in [0.25, 0.3) is 0 Å². The summed E-state index contributed by atoms with van der Waals surface area (Å²) in [6, 6.07) is 0. The van der Waals surface area contributed by atoms with Crippen LogP contribution in [0.3, 0.4) is 0 Å². The fourth-order valence-electron chi connectivity index (χ4n) is 0.423. The zero-order chi connectivity index (χ0) is 5.54. The minimum Gasteiger partial charge on any atom is -0.125 e. The second kappa shape index (κ2) is 6.17. The van der Waals surface area contributed by atoms with Crippen molar-refractivity contribution >= 4 is 8.58 Å². The van der Waals surface area contributed by atoms with E-state index < -0.39 is 0 Å². The first-order valence-electron chi connectivity index (χ1n) is 2.67. The third-order valence-electron chi connectivity index (χ3n) is 0.835. The normalized spacial score (nSPS) is 10.4. The van der Waals surface area contributed by atoms with Gasteiger partial charge in [-0.05, 0) is 25.7 Å². The van der Waals surface area contributed by atoms with E-state index in [0.29, 0.717) is 0 Å². The highest BCUT2D eigenvalue weighted by Crippen LogP contribution is 2.05. The average Bonchev–Trinajstić information content (AvgIpc) is 1.69. The highest BCUT2D eigenvalue weighted by Gasteiger charge is 1.77. The van der Waals surface area contributed by atoms with Crippen molar-refractivity contribution in [2.75, 3.05) is 12.8 Å². The first kappa shape index (κ1) is 7.17. The Morgan fingerprint density at radius 2 is 2.43 bits per heavy atom. The number of rotatable bonds is 4. The average molecular weight is 116 g/mol. The second-order valence-corrected chi connectivity index (χ2v) is 2.74. The highest BCUT2D eigenvalue weighted by atomic mass is 31.1. The Kier molecular flexibility index (Phi) is 6.32. The summed E-state index contributed by atoms with van der Waals surface area (Å²) in [6.07, 6.45) is 5.89. The Bertz CT molecular complexity index is 41.4. The predicted octanol–water partition coefficient (Wildman–Crippen LogP) is 2.26. The molecule has 1 heteroatoms. The molecule has 0 aromatic rings. The summed E-state index contributed by atoms with van der Waals surface area (Å²) in [5.74, 6) is 0. The summed E-state index contributed by atoms with van der Waals surface area (Å²) in [4.78, 5) is 0. The van der Waals surface area contributed by atoms with Gasteiger partial charge in [-0.1, -0.05) is 6.08 Å². The lowest BCUT2D eigenvalue weighted by atomic mass is 10.3. The zero-order valence-electron chi connectivity index (χ0n) is 4.91. The van der Waals surface area contributed by atoms with Crippen LogP contribution >= 0.6 is 8.58 Å². The molecule has 0 bridgehead atoms. The van der Waals surface area contributed by atoms with Crippen molar-refractivity contribution in [3.05, 3.63) is 12.7 Å². The Morgan fingerprint density at radius 1 is 1.71 bits per heavy atom. The fraction of sp³-hybridized carbons (Fsp3) is 0.667. The molecular formula is C6H13P. The molecule has 0 radical (unpaired) electrons. The Labute approximate surface area is 47.8 Å². The van der Waals surface area contributed by atoms with Gasteiger partial charge in [-0.2, -0.15) is 0 Å². The van der Waals surface area contributed by atoms with Gasteiger partial charge < -0.3 is 0 Å². The number of allylic oxidation sites excluding steroid dienone is 1. The molecule has 42 valence electrons. The third kappa shape index (κ3) is 6.17. The molecule has 0 saturated carbocycles. The molecule has 0 aromatic carbocycles. The summed E-state index contributed by atoms with van der Waals surface area (Å²) in [5, 5.41) is 0. The lowest BCUT2D eigenvalue weighted by Crippen LogP contribution is -1.70. The number of hydrogen-bond acceptors (Lipinski definition) is 0. The van der Waals surface area contributed by atoms with Crippen molar-refractivity contribution in [3.63, 3.8) is 0 Å². The smallest absolute Gasteiger partial charge is 0.0350 e. The summed E-state index contributed by atoms with van der Waals surface area (Å²) in [6.45, 7) is 5.87. The lowest BCUT2D eigenvalue weighted by Gasteiger charge is -1.88. The van der Waals surface area contributed by atoms with Gasteiger partial charge in [0.2, 0.25) is 0 Å². The zero-order valence-corrected chi connectivity index (χ0v) is 5.91. The van der Waals surface area contributed by atoms with Crippen LogP contribution in [0.2, 0.25) is 0 Å². The van der Waals surface area contributed by atoms with Gasteiger partial charge in [0.25, 0.3) is 0 Å². The van der Waals surface area contributed by atoms with Gasteiger partial charge in [-0.25, -0.2) is 0 Å². The highest BCUT2D eigenvalue weighted by molar-refractivity contribution is 7.36. The maximum Gasteiger partial charge on any atom is -0.0350 e. The van der Waals surface area contributed by atoms with Crippen LogP contribution in [0.15, 0.2) is 12.7 Å². The summed E-state index contributed by atoms with van der Waals surface area (Å²) < 4.78 is 0. The molecule has 7 heavy (non-hydrogen) atoms. The molecule has 0 saturated heterocycles. The van der Waals surface area contributed by atoms with Crippen LogP contribution in [-0.2, 0) is 0 Å². The van der Waals surface area contributed by atoms with E-state index in [4.69, 9.17) is 0 Å². The van der Waals surface area contributed by atoms with Gasteiger partial charge in [-0.3, -0.25) is 0 Å². The molecule has 0 aliphatic rings. The van der Waals surface area contributed by atoms with E-state index in [9.17, 15) is 0 Å². The van der Waals surface area contributed by atoms with Gasteiger partial charge in [0.15, 0.2) is 0 Å². The van der Waals surface area contributed by atoms with Crippen LogP contribution in [0.1, 0.15) is 12.8 Å². The molecule has 0 N–H and O–H groups in total. The minimum atomic E-state index is 1.12. The molecule has 0 aromatic heterocycles. The first-order valence-corrected chi connectivity index (χ1v) is 4.38. The fourth-order valence-corrected chi connectivity index (χ4v) is 0.981. The summed E-state index contributed by atoms with van der Waals surface area (Å²) in [7, 11) is 1.12. The Hall–Kier alpha value is 0.170. The monoisotopic (exact) mass is 116 g/mol. The van der Waals surface area contributed by atoms with Crippen molar-refractivity contribution in [1.82, 2.24) is 0 Å². The summed E-state index contributed by atoms with van der Waals surface area (Å²) >= 11 is 0. The van der Waals surface area contributed by atoms with Gasteiger partial charge in [0.1, 0.15) is 0 Å². The first-order chi connectivity index (χ1) is 3.41. The molecule has 0 amide bonds. The van der Waals surface area contributed by atoms with Crippen LogP contribution in [0, 0.1) is 0 Å². The Balaban J connectivity index is 2.56. The quantitative estimate of drug-likeness (QED) is 0.300. The molecule has 0 heterocycles. The predicted molar refractivity (Wildman–Crippen MR) is 38.5 cm³/mol. The maximum atomic E-state index is 3.64. The van der Waals surface area contributed by atoms with E-state index in [1.807, 2.05) is 6.08 Å². The van der Waals surface area contributed by atoms with Crippen molar-refractivity contribution in [2.45, 2.75) is 12.8 Å². The molecule has 0 nitrogen and oxygen atoms in total. The van der Waals surface area contributed by atoms with E-state index in [-0.39, 0.29) is 0 Å². The second-order valence-electron chi connectivity index (χ2n) is 1.53. The Morgan fingerprint density at radius 3 is 2.86 bits per heavy atom. The van der Waals surface area contributed by atoms with Gasteiger partial charge in [0.05, 0.1) is 0 Å². The molecule has 0 fully saturated rings. The summed E-state index contributed by atoms with van der Waals surface area (Å²) in [5.41, 5.74) is 0. The van der Waals surface area contributed by atoms with Crippen molar-refractivity contribution in [2.24, 2.45) is 0 Å². The molecule has 1 unspecified atom stereocenters. The minimum absolute atomic E-state index is 1.12. The van der Waals surface area contributed by atoms with E-state index in [2.05, 4.69) is 13.2 Å². The lowest BCUT2D eigenvalue weighted by molar-refractivity contribution is 0.972.